The summed E-state index contributed by atoms with van der Waals surface area (Å²) >= 11 is 6.01. The van der Waals surface area contributed by atoms with Crippen molar-refractivity contribution in [1.82, 2.24) is 10.1 Å². The predicted molar refractivity (Wildman–Crippen MR) is 121 cm³/mol. The van der Waals surface area contributed by atoms with Gasteiger partial charge < -0.3 is 14.6 Å². The van der Waals surface area contributed by atoms with Crippen molar-refractivity contribution in [1.29, 1.82) is 0 Å². The van der Waals surface area contributed by atoms with Gasteiger partial charge in [0.05, 0.1) is 26.8 Å². The minimum atomic E-state index is -0.780. The van der Waals surface area contributed by atoms with Gasteiger partial charge in [-0.2, -0.15) is 4.98 Å². The maximum Gasteiger partial charge on any atom is 0.340 e. The number of benzene rings is 3. The third kappa shape index (κ3) is 5.47. The minimum Gasteiger partial charge on any atom is -0.452 e. The number of aromatic nitrogens is 2. The SMILES string of the molecule is O=C(Nc1ccccc1C(=O)OCc1nc(-c2ccc(F)cc2)no1)c1ccc([N+](=O)[O-])cc1Cl. The van der Waals surface area contributed by atoms with E-state index in [1.54, 1.807) is 12.1 Å². The van der Waals surface area contributed by atoms with Crippen LogP contribution in [0.15, 0.2) is 71.3 Å². The number of halogens is 2. The average Bonchev–Trinajstić information content (AvgIpc) is 3.32. The normalized spacial score (nSPS) is 10.6. The number of amides is 1. The molecule has 0 fully saturated rings. The average molecular weight is 497 g/mol. The van der Waals surface area contributed by atoms with E-state index < -0.39 is 22.6 Å². The Hall–Kier alpha value is -4.64. The van der Waals surface area contributed by atoms with E-state index in [0.717, 1.165) is 12.1 Å². The molecular formula is C23H14ClFN4O6. The number of nitro benzene ring substituents is 1. The first-order valence-corrected chi connectivity index (χ1v) is 10.3. The highest BCUT2D eigenvalue weighted by Gasteiger charge is 2.19. The van der Waals surface area contributed by atoms with Crippen LogP contribution in [0.3, 0.4) is 0 Å². The molecule has 0 aliphatic heterocycles. The maximum absolute atomic E-state index is 13.1. The zero-order chi connectivity index (χ0) is 24.9. The van der Waals surface area contributed by atoms with Crippen LogP contribution >= 0.6 is 11.6 Å². The highest BCUT2D eigenvalue weighted by molar-refractivity contribution is 6.34. The molecule has 35 heavy (non-hydrogen) atoms. The van der Waals surface area contributed by atoms with Gasteiger partial charge in [0.2, 0.25) is 5.82 Å². The topological polar surface area (TPSA) is 137 Å². The van der Waals surface area contributed by atoms with Crippen LogP contribution in [0.1, 0.15) is 26.6 Å². The molecule has 0 radical (unpaired) electrons. The van der Waals surface area contributed by atoms with Gasteiger partial charge >= 0.3 is 5.97 Å². The molecule has 0 saturated carbocycles. The molecule has 1 heterocycles. The van der Waals surface area contributed by atoms with Crippen molar-refractivity contribution in [2.45, 2.75) is 6.61 Å². The molecule has 0 unspecified atom stereocenters. The molecule has 0 atom stereocenters. The van der Waals surface area contributed by atoms with E-state index in [-0.39, 0.29) is 45.8 Å². The molecule has 1 amide bonds. The van der Waals surface area contributed by atoms with Gasteiger partial charge in [-0.1, -0.05) is 28.9 Å². The number of non-ortho nitro benzene ring substituents is 1. The lowest BCUT2D eigenvalue weighted by atomic mass is 10.1. The zero-order valence-corrected chi connectivity index (χ0v) is 18.4. The third-order valence-electron chi connectivity index (χ3n) is 4.70. The van der Waals surface area contributed by atoms with Crippen molar-refractivity contribution in [3.8, 4) is 11.4 Å². The van der Waals surface area contributed by atoms with Gasteiger partial charge in [-0.3, -0.25) is 14.9 Å². The molecule has 0 spiro atoms. The smallest absolute Gasteiger partial charge is 0.340 e. The lowest BCUT2D eigenvalue weighted by Crippen LogP contribution is -2.16. The molecule has 176 valence electrons. The van der Waals surface area contributed by atoms with Crippen LogP contribution in [0.4, 0.5) is 15.8 Å². The van der Waals surface area contributed by atoms with Crippen LogP contribution in [0.25, 0.3) is 11.4 Å². The Balaban J connectivity index is 1.44. The summed E-state index contributed by atoms with van der Waals surface area (Å²) in [6.07, 6.45) is 0. The predicted octanol–water partition coefficient (Wildman–Crippen LogP) is 5.05. The molecule has 4 aromatic rings. The van der Waals surface area contributed by atoms with Crippen molar-refractivity contribution in [2.75, 3.05) is 5.32 Å². The summed E-state index contributed by atoms with van der Waals surface area (Å²) in [6.45, 7) is -0.344. The van der Waals surface area contributed by atoms with Crippen molar-refractivity contribution in [2.24, 2.45) is 0 Å². The number of carbonyl (C=O) groups excluding carboxylic acids is 2. The summed E-state index contributed by atoms with van der Waals surface area (Å²) in [7, 11) is 0. The van der Waals surface area contributed by atoms with Crippen molar-refractivity contribution < 1.29 is 28.2 Å². The first-order chi connectivity index (χ1) is 16.8. The number of hydrogen-bond donors (Lipinski definition) is 1. The van der Waals surface area contributed by atoms with E-state index in [2.05, 4.69) is 15.5 Å². The molecule has 3 aromatic carbocycles. The van der Waals surface area contributed by atoms with E-state index in [1.165, 1.54) is 42.5 Å². The van der Waals surface area contributed by atoms with Crippen LogP contribution in [0.5, 0.6) is 0 Å². The number of nitrogens with zero attached hydrogens (tertiary/aromatic N) is 3. The summed E-state index contributed by atoms with van der Waals surface area (Å²) in [5.41, 5.74) is 0.413. The summed E-state index contributed by atoms with van der Waals surface area (Å²) in [5, 5.41) is 17.1. The number of esters is 1. The van der Waals surface area contributed by atoms with Gasteiger partial charge in [-0.25, -0.2) is 9.18 Å². The van der Waals surface area contributed by atoms with E-state index in [0.29, 0.717) is 5.56 Å². The molecule has 10 nitrogen and oxygen atoms in total. The summed E-state index contributed by atoms with van der Waals surface area (Å²) < 4.78 is 23.4. The fraction of sp³-hybridized carbons (Fsp3) is 0.0435. The largest absolute Gasteiger partial charge is 0.452 e. The minimum absolute atomic E-state index is 0.0110. The highest BCUT2D eigenvalue weighted by Crippen LogP contribution is 2.25. The lowest BCUT2D eigenvalue weighted by Gasteiger charge is -2.11. The highest BCUT2D eigenvalue weighted by atomic mass is 35.5. The molecule has 4 rings (SSSR count). The van der Waals surface area contributed by atoms with Crippen molar-refractivity contribution in [3.63, 3.8) is 0 Å². The molecule has 0 aliphatic carbocycles. The third-order valence-corrected chi connectivity index (χ3v) is 5.01. The zero-order valence-electron chi connectivity index (χ0n) is 17.6. The lowest BCUT2D eigenvalue weighted by molar-refractivity contribution is -0.384. The van der Waals surface area contributed by atoms with Gasteiger partial charge in [0.15, 0.2) is 6.61 Å². The van der Waals surface area contributed by atoms with Gasteiger partial charge in [0.25, 0.3) is 17.5 Å². The Bertz CT molecular complexity index is 1420. The number of nitro groups is 1. The second kappa shape index (κ2) is 10.1. The molecule has 0 aliphatic rings. The number of para-hydroxylation sites is 1. The fourth-order valence-electron chi connectivity index (χ4n) is 3.00. The fourth-order valence-corrected chi connectivity index (χ4v) is 3.26. The van der Waals surface area contributed by atoms with Gasteiger partial charge in [-0.15, -0.1) is 0 Å². The molecule has 1 N–H and O–H groups in total. The Morgan fingerprint density at radius 1 is 1.09 bits per heavy atom. The standard InChI is InChI=1S/C23H14ClFN4O6/c24-18-11-15(29(32)33)9-10-16(18)22(30)26-19-4-2-1-3-17(19)23(31)34-12-20-27-21(28-35-20)13-5-7-14(25)8-6-13/h1-11H,12H2,(H,26,30). The van der Waals surface area contributed by atoms with Gasteiger partial charge in [-0.05, 0) is 42.5 Å². The quantitative estimate of drug-likeness (QED) is 0.213. The van der Waals surface area contributed by atoms with E-state index >= 15 is 0 Å². The Morgan fingerprint density at radius 2 is 1.83 bits per heavy atom. The van der Waals surface area contributed by atoms with Crippen LogP contribution in [-0.4, -0.2) is 26.9 Å². The van der Waals surface area contributed by atoms with Crippen molar-refractivity contribution in [3.05, 3.63) is 105 Å². The molecule has 0 bridgehead atoms. The van der Waals surface area contributed by atoms with Crippen LogP contribution in [0.2, 0.25) is 5.02 Å². The van der Waals surface area contributed by atoms with Crippen LogP contribution in [0, 0.1) is 15.9 Å². The van der Waals surface area contributed by atoms with E-state index in [1.807, 2.05) is 0 Å². The molecule has 1 aromatic heterocycles. The number of nitrogens with one attached hydrogen (secondary N) is 1. The summed E-state index contributed by atoms with van der Waals surface area (Å²) in [4.78, 5) is 39.6. The Labute approximate surface area is 201 Å². The molecule has 0 saturated heterocycles. The summed E-state index contributed by atoms with van der Waals surface area (Å²) in [6, 6.07) is 15.0. The van der Waals surface area contributed by atoms with Crippen LogP contribution in [-0.2, 0) is 11.3 Å². The Morgan fingerprint density at radius 3 is 2.54 bits per heavy atom. The molecule has 12 heteroatoms. The monoisotopic (exact) mass is 496 g/mol. The van der Waals surface area contributed by atoms with Crippen molar-refractivity contribution >= 4 is 34.9 Å². The van der Waals surface area contributed by atoms with Crippen LogP contribution < -0.4 is 5.32 Å². The second-order valence-electron chi connectivity index (χ2n) is 7.02. The first-order valence-electron chi connectivity index (χ1n) is 9.92. The number of rotatable bonds is 7. The summed E-state index contributed by atoms with van der Waals surface area (Å²) in [5.74, 6) is -1.66. The maximum atomic E-state index is 13.1. The number of anilines is 1. The Kier molecular flexibility index (Phi) is 6.78. The molecular weight excluding hydrogens is 483 g/mol. The van der Waals surface area contributed by atoms with E-state index in [9.17, 15) is 24.1 Å². The van der Waals surface area contributed by atoms with Gasteiger partial charge in [0, 0.05) is 17.7 Å². The first kappa shape index (κ1) is 23.5. The van der Waals surface area contributed by atoms with Gasteiger partial charge in [0.1, 0.15) is 5.82 Å². The number of ether oxygens (including phenoxy) is 1. The number of carbonyl (C=O) groups is 2. The van der Waals surface area contributed by atoms with E-state index in [4.69, 9.17) is 20.9 Å². The second-order valence-corrected chi connectivity index (χ2v) is 7.42. The number of hydrogen-bond acceptors (Lipinski definition) is 8.